The van der Waals surface area contributed by atoms with Gasteiger partial charge in [0.1, 0.15) is 0 Å². The van der Waals surface area contributed by atoms with E-state index >= 15 is 0 Å². The number of aromatic nitrogens is 1. The minimum atomic E-state index is 0.127. The first kappa shape index (κ1) is 15.8. The Hall–Kier alpha value is -2.07. The average molecular weight is 311 g/mol. The highest BCUT2D eigenvalue weighted by atomic mass is 16.2. The van der Waals surface area contributed by atoms with Gasteiger partial charge in [0.15, 0.2) is 0 Å². The van der Waals surface area contributed by atoms with Crippen molar-refractivity contribution in [3.63, 3.8) is 0 Å². The standard InChI is InChI=1S/C19H25N3O/c1-21-13-5-9-17(21)18-10-6-14-22(18)15-19(23)20-12-11-16-7-3-2-4-8-16/h2-5,7-9,13,18H,6,10-12,14-15H2,1H3,(H,20,23)/t18-/m1/s1. The number of likely N-dealkylation sites (tertiary alicyclic amines) is 1. The number of rotatable bonds is 6. The van der Waals surface area contributed by atoms with E-state index in [0.717, 1.165) is 25.8 Å². The van der Waals surface area contributed by atoms with E-state index in [9.17, 15) is 4.79 Å². The van der Waals surface area contributed by atoms with Crippen LogP contribution in [0.1, 0.15) is 30.1 Å². The zero-order valence-electron chi connectivity index (χ0n) is 13.7. The largest absolute Gasteiger partial charge is 0.355 e. The Bertz CT molecular complexity index is 635. The Balaban J connectivity index is 1.48. The second-order valence-electron chi connectivity index (χ2n) is 6.26. The number of hydrogen-bond acceptors (Lipinski definition) is 2. The molecule has 0 saturated carbocycles. The van der Waals surface area contributed by atoms with E-state index in [0.29, 0.717) is 19.1 Å². The summed E-state index contributed by atoms with van der Waals surface area (Å²) in [7, 11) is 2.08. The van der Waals surface area contributed by atoms with Gasteiger partial charge in [-0.05, 0) is 43.5 Å². The van der Waals surface area contributed by atoms with Crippen LogP contribution in [0.3, 0.4) is 0 Å². The minimum absolute atomic E-state index is 0.127. The molecule has 1 aromatic heterocycles. The number of carbonyl (C=O) groups is 1. The van der Waals surface area contributed by atoms with Crippen molar-refractivity contribution in [2.45, 2.75) is 25.3 Å². The lowest BCUT2D eigenvalue weighted by atomic mass is 10.1. The molecule has 0 spiro atoms. The molecule has 1 atom stereocenters. The summed E-state index contributed by atoms with van der Waals surface area (Å²) in [5.41, 5.74) is 2.57. The minimum Gasteiger partial charge on any atom is -0.355 e. The van der Waals surface area contributed by atoms with Crippen molar-refractivity contribution in [3.05, 3.63) is 59.9 Å². The maximum atomic E-state index is 12.2. The summed E-state index contributed by atoms with van der Waals surface area (Å²) >= 11 is 0. The lowest BCUT2D eigenvalue weighted by Crippen LogP contribution is -2.38. The van der Waals surface area contributed by atoms with Gasteiger partial charge in [0.2, 0.25) is 5.91 Å². The van der Waals surface area contributed by atoms with E-state index in [1.165, 1.54) is 11.3 Å². The van der Waals surface area contributed by atoms with Crippen LogP contribution in [0.25, 0.3) is 0 Å². The maximum absolute atomic E-state index is 12.2. The van der Waals surface area contributed by atoms with E-state index in [2.05, 4.69) is 52.3 Å². The summed E-state index contributed by atoms with van der Waals surface area (Å²) in [4.78, 5) is 14.5. The second-order valence-corrected chi connectivity index (χ2v) is 6.26. The lowest BCUT2D eigenvalue weighted by Gasteiger charge is -2.24. The summed E-state index contributed by atoms with van der Waals surface area (Å²) in [6, 6.07) is 14.9. The molecule has 2 heterocycles. The van der Waals surface area contributed by atoms with Crippen molar-refractivity contribution in [1.82, 2.24) is 14.8 Å². The topological polar surface area (TPSA) is 37.3 Å². The molecule has 4 nitrogen and oxygen atoms in total. The van der Waals surface area contributed by atoms with E-state index in [4.69, 9.17) is 0 Å². The van der Waals surface area contributed by atoms with Crippen molar-refractivity contribution >= 4 is 5.91 Å². The smallest absolute Gasteiger partial charge is 0.234 e. The van der Waals surface area contributed by atoms with Crippen LogP contribution in [-0.4, -0.2) is 35.0 Å². The van der Waals surface area contributed by atoms with Gasteiger partial charge in [-0.2, -0.15) is 0 Å². The highest BCUT2D eigenvalue weighted by Crippen LogP contribution is 2.31. The number of amides is 1. The normalized spacial score (nSPS) is 18.2. The van der Waals surface area contributed by atoms with Gasteiger partial charge in [-0.15, -0.1) is 0 Å². The van der Waals surface area contributed by atoms with Gasteiger partial charge in [0.25, 0.3) is 0 Å². The zero-order chi connectivity index (χ0) is 16.1. The van der Waals surface area contributed by atoms with Crippen molar-refractivity contribution in [2.75, 3.05) is 19.6 Å². The Kier molecular flexibility index (Phi) is 5.13. The Morgan fingerprint density at radius 1 is 1.22 bits per heavy atom. The van der Waals surface area contributed by atoms with E-state index in [1.54, 1.807) is 0 Å². The molecule has 0 unspecified atom stereocenters. The van der Waals surface area contributed by atoms with Gasteiger partial charge in [-0.25, -0.2) is 0 Å². The lowest BCUT2D eigenvalue weighted by molar-refractivity contribution is -0.122. The number of benzene rings is 1. The van der Waals surface area contributed by atoms with Crippen molar-refractivity contribution in [1.29, 1.82) is 0 Å². The van der Waals surface area contributed by atoms with Gasteiger partial charge >= 0.3 is 0 Å². The van der Waals surface area contributed by atoms with Crippen LogP contribution in [0.4, 0.5) is 0 Å². The fraction of sp³-hybridized carbons (Fsp3) is 0.421. The summed E-state index contributed by atoms with van der Waals surface area (Å²) in [5.74, 6) is 0.127. The summed E-state index contributed by atoms with van der Waals surface area (Å²) in [6.45, 7) is 2.19. The predicted molar refractivity (Wildman–Crippen MR) is 92.1 cm³/mol. The first-order chi connectivity index (χ1) is 11.2. The molecule has 2 aromatic rings. The fourth-order valence-corrected chi connectivity index (χ4v) is 3.40. The van der Waals surface area contributed by atoms with Crippen molar-refractivity contribution < 1.29 is 4.79 Å². The summed E-state index contributed by atoms with van der Waals surface area (Å²) in [6.07, 6.45) is 5.25. The third kappa shape index (κ3) is 4.02. The average Bonchev–Trinajstić information content (AvgIpc) is 3.17. The zero-order valence-corrected chi connectivity index (χ0v) is 13.7. The van der Waals surface area contributed by atoms with Crippen molar-refractivity contribution in [2.24, 2.45) is 7.05 Å². The van der Waals surface area contributed by atoms with E-state index in [1.807, 2.05) is 18.2 Å². The molecule has 1 aliphatic rings. The van der Waals surface area contributed by atoms with Gasteiger partial charge < -0.3 is 9.88 Å². The summed E-state index contributed by atoms with van der Waals surface area (Å²) in [5, 5.41) is 3.05. The molecule has 1 aromatic carbocycles. The SMILES string of the molecule is Cn1cccc1[C@H]1CCCN1CC(=O)NCCc1ccccc1. The number of carbonyl (C=O) groups excluding carboxylic acids is 1. The quantitative estimate of drug-likeness (QED) is 0.890. The second kappa shape index (κ2) is 7.47. The Morgan fingerprint density at radius 2 is 2.04 bits per heavy atom. The van der Waals surface area contributed by atoms with Crippen LogP contribution >= 0.6 is 0 Å². The first-order valence-electron chi connectivity index (χ1n) is 8.40. The van der Waals surface area contributed by atoms with Crippen LogP contribution in [0.5, 0.6) is 0 Å². The molecular formula is C19H25N3O. The fourth-order valence-electron chi connectivity index (χ4n) is 3.40. The monoisotopic (exact) mass is 311 g/mol. The molecule has 1 amide bonds. The molecule has 1 fully saturated rings. The van der Waals surface area contributed by atoms with Crippen LogP contribution in [0, 0.1) is 0 Å². The maximum Gasteiger partial charge on any atom is 0.234 e. The van der Waals surface area contributed by atoms with Gasteiger partial charge in [-0.3, -0.25) is 9.69 Å². The number of nitrogens with one attached hydrogen (secondary N) is 1. The summed E-state index contributed by atoms with van der Waals surface area (Å²) < 4.78 is 2.16. The van der Waals surface area contributed by atoms with Crippen LogP contribution in [-0.2, 0) is 18.3 Å². The molecule has 1 aliphatic heterocycles. The van der Waals surface area contributed by atoms with Gasteiger partial charge in [0.05, 0.1) is 12.6 Å². The highest BCUT2D eigenvalue weighted by Gasteiger charge is 2.28. The Morgan fingerprint density at radius 3 is 2.78 bits per heavy atom. The van der Waals surface area contributed by atoms with Gasteiger partial charge in [0, 0.05) is 25.5 Å². The van der Waals surface area contributed by atoms with E-state index < -0.39 is 0 Å². The van der Waals surface area contributed by atoms with Crippen molar-refractivity contribution in [3.8, 4) is 0 Å². The van der Waals surface area contributed by atoms with E-state index in [-0.39, 0.29) is 5.91 Å². The Labute approximate surface area is 138 Å². The molecule has 1 saturated heterocycles. The number of hydrogen-bond donors (Lipinski definition) is 1. The third-order valence-electron chi connectivity index (χ3n) is 4.61. The molecule has 122 valence electrons. The first-order valence-corrected chi connectivity index (χ1v) is 8.40. The molecule has 0 bridgehead atoms. The number of aryl methyl sites for hydroxylation is 1. The third-order valence-corrected chi connectivity index (χ3v) is 4.61. The molecule has 1 N–H and O–H groups in total. The molecule has 4 heteroatoms. The van der Waals surface area contributed by atoms with Crippen LogP contribution in [0.2, 0.25) is 0 Å². The highest BCUT2D eigenvalue weighted by molar-refractivity contribution is 5.78. The molecule has 0 aliphatic carbocycles. The van der Waals surface area contributed by atoms with Gasteiger partial charge in [-0.1, -0.05) is 30.3 Å². The molecular weight excluding hydrogens is 286 g/mol. The van der Waals surface area contributed by atoms with Crippen LogP contribution < -0.4 is 5.32 Å². The molecule has 3 rings (SSSR count). The predicted octanol–water partition coefficient (Wildman–Crippen LogP) is 2.52. The molecule has 23 heavy (non-hydrogen) atoms. The van der Waals surface area contributed by atoms with Crippen LogP contribution in [0.15, 0.2) is 48.7 Å². The number of nitrogens with zero attached hydrogens (tertiary/aromatic N) is 2. The molecule has 0 radical (unpaired) electrons.